The van der Waals surface area contributed by atoms with Gasteiger partial charge in [-0.15, -0.1) is 0 Å². The first-order chi connectivity index (χ1) is 27.9. The molecule has 2 amide bonds. The van der Waals surface area contributed by atoms with Gasteiger partial charge in [-0.2, -0.15) is 5.26 Å². The predicted octanol–water partition coefficient (Wildman–Crippen LogP) is 5.08. The Kier molecular flexibility index (Phi) is 8.80. The molecule has 298 valence electrons. The number of nitro groups is 1. The number of benzene rings is 4. The smallest absolute Gasteiger partial charge is 0.308 e. The van der Waals surface area contributed by atoms with Crippen LogP contribution in [0.1, 0.15) is 73.1 Å². The molecule has 16 heteroatoms. The van der Waals surface area contributed by atoms with E-state index in [9.17, 15) is 29.8 Å². The fourth-order valence-electron chi connectivity index (χ4n) is 10.1. The molecule has 1 fully saturated rings. The summed E-state index contributed by atoms with van der Waals surface area (Å²) in [4.78, 5) is 58.9. The lowest BCUT2D eigenvalue weighted by Crippen LogP contribution is -2.69. The maximum absolute atomic E-state index is 14.7. The van der Waals surface area contributed by atoms with E-state index in [0.29, 0.717) is 56.9 Å². The van der Waals surface area contributed by atoms with Crippen LogP contribution in [0, 0.1) is 35.3 Å². The fourth-order valence-corrected chi connectivity index (χ4v) is 10.1. The average molecular weight is 790 g/mol. The molecule has 0 N–H and O–H groups in total. The largest absolute Gasteiger partial charge is 0.493 e. The highest BCUT2D eigenvalue weighted by Gasteiger charge is 2.58. The zero-order valence-corrected chi connectivity index (χ0v) is 32.6. The number of methoxy groups -OCH3 is 2. The summed E-state index contributed by atoms with van der Waals surface area (Å²) < 4.78 is 35.7. The van der Waals surface area contributed by atoms with Crippen LogP contribution in [0.25, 0.3) is 10.8 Å². The Bertz CT molecular complexity index is 2550. The maximum Gasteiger partial charge on any atom is 0.308 e. The van der Waals surface area contributed by atoms with E-state index in [2.05, 4.69) is 21.9 Å². The molecule has 58 heavy (non-hydrogen) atoms. The zero-order chi connectivity index (χ0) is 40.9. The first-order valence-electron chi connectivity index (χ1n) is 18.8. The maximum atomic E-state index is 14.7. The number of ether oxygens (including phenoxy) is 6. The molecule has 0 saturated carbocycles. The molecule has 0 spiro atoms. The lowest BCUT2D eigenvalue weighted by molar-refractivity contribution is -0.384. The van der Waals surface area contributed by atoms with Gasteiger partial charge in [-0.1, -0.05) is 18.2 Å². The number of nitriles is 1. The molecule has 0 unspecified atom stereocenters. The van der Waals surface area contributed by atoms with E-state index in [4.69, 9.17) is 28.4 Å². The molecule has 16 nitrogen and oxygen atoms in total. The number of likely N-dealkylation sites (N-methyl/N-ethyl adjacent to an activating group) is 1. The zero-order valence-electron chi connectivity index (χ0n) is 32.6. The van der Waals surface area contributed by atoms with Crippen molar-refractivity contribution in [1.29, 1.82) is 5.26 Å². The van der Waals surface area contributed by atoms with Crippen LogP contribution >= 0.6 is 0 Å². The van der Waals surface area contributed by atoms with Crippen LogP contribution in [0.4, 0.5) is 5.69 Å². The van der Waals surface area contributed by atoms with Crippen LogP contribution in [0.3, 0.4) is 0 Å². The van der Waals surface area contributed by atoms with Crippen LogP contribution in [-0.2, 0) is 22.4 Å². The van der Waals surface area contributed by atoms with Gasteiger partial charge in [0, 0.05) is 78.0 Å². The molecule has 5 aliphatic heterocycles. The van der Waals surface area contributed by atoms with Crippen molar-refractivity contribution in [2.45, 2.75) is 63.8 Å². The van der Waals surface area contributed by atoms with Crippen LogP contribution in [0.2, 0.25) is 0 Å². The number of carbonyl (C=O) groups excluding carboxylic acids is 3. The highest BCUT2D eigenvalue weighted by molar-refractivity contribution is 6.25. The molecule has 2 bridgehead atoms. The monoisotopic (exact) mass is 789 g/mol. The Hall–Kier alpha value is -6.28. The summed E-state index contributed by atoms with van der Waals surface area (Å²) in [5.74, 6) is 0.151. The highest BCUT2D eigenvalue weighted by Crippen LogP contribution is 2.59. The Labute approximate surface area is 332 Å². The van der Waals surface area contributed by atoms with Crippen LogP contribution in [-0.4, -0.2) is 96.9 Å². The van der Waals surface area contributed by atoms with Gasteiger partial charge in [0.1, 0.15) is 11.8 Å². The number of non-ortho nitro benzene ring substituents is 1. The molecule has 5 heterocycles. The number of amides is 2. The standard InChI is InChI=1S/C42H39N5O11/c1-19-10-23-12-28-30(15-43)46-29(35(44(28)4)33(23)39(36(19)54-6)55-17-53-5)14-26-34(40-38(56-18-57-40)20(2)37(26)58-21(3)48)31(46)16-45-41(49)25-9-7-8-22-11-24(47(51)52)13-27(32(22)25)42(45)50/h7-11,13,28-31,35H,12,14,16-18H2,1-6H3/t28-,29-,30-,31-,35-/m0/s1. The molecule has 4 aromatic rings. The predicted molar refractivity (Wildman–Crippen MR) is 204 cm³/mol. The second-order valence-corrected chi connectivity index (χ2v) is 15.2. The molecule has 4 aromatic carbocycles. The Morgan fingerprint density at radius 1 is 1.00 bits per heavy atom. The summed E-state index contributed by atoms with van der Waals surface area (Å²) >= 11 is 0. The summed E-state index contributed by atoms with van der Waals surface area (Å²) in [6.07, 6.45) is 0.712. The first-order valence-corrected chi connectivity index (χ1v) is 18.8. The van der Waals surface area contributed by atoms with Crippen molar-refractivity contribution in [1.82, 2.24) is 14.7 Å². The number of fused-ring (bicyclic) bond motifs is 9. The number of nitro benzene ring substituents is 1. The van der Waals surface area contributed by atoms with Gasteiger partial charge >= 0.3 is 5.97 Å². The van der Waals surface area contributed by atoms with Crippen molar-refractivity contribution in [3.63, 3.8) is 0 Å². The van der Waals surface area contributed by atoms with Gasteiger partial charge in [0.2, 0.25) is 6.79 Å². The number of nitrogens with zero attached hydrogens (tertiary/aromatic N) is 5. The number of piperazine rings is 1. The van der Waals surface area contributed by atoms with Gasteiger partial charge in [0.05, 0.1) is 35.7 Å². The summed E-state index contributed by atoms with van der Waals surface area (Å²) in [6.45, 7) is 4.54. The average Bonchev–Trinajstić information content (AvgIpc) is 3.69. The summed E-state index contributed by atoms with van der Waals surface area (Å²) in [7, 11) is 5.08. The van der Waals surface area contributed by atoms with E-state index in [1.807, 2.05) is 14.0 Å². The minimum absolute atomic E-state index is 0.0182. The van der Waals surface area contributed by atoms with E-state index < -0.39 is 46.9 Å². The van der Waals surface area contributed by atoms with Crippen molar-refractivity contribution in [3.05, 3.63) is 91.0 Å². The fraction of sp³-hybridized carbons (Fsp3) is 0.381. The summed E-state index contributed by atoms with van der Waals surface area (Å²) in [5.41, 5.74) is 4.29. The van der Waals surface area contributed by atoms with Crippen LogP contribution < -0.4 is 23.7 Å². The lowest BCUT2D eigenvalue weighted by Gasteiger charge is -2.60. The number of hydrogen-bond acceptors (Lipinski definition) is 14. The van der Waals surface area contributed by atoms with Crippen molar-refractivity contribution >= 4 is 34.2 Å². The van der Waals surface area contributed by atoms with E-state index in [-0.39, 0.29) is 55.2 Å². The number of esters is 1. The topological polar surface area (TPSA) is 183 Å². The third kappa shape index (κ3) is 5.26. The quantitative estimate of drug-likeness (QED) is 0.0575. The molecule has 0 aromatic heterocycles. The van der Waals surface area contributed by atoms with Gasteiger partial charge in [-0.05, 0) is 56.3 Å². The molecule has 9 rings (SSSR count). The van der Waals surface area contributed by atoms with Crippen molar-refractivity contribution in [2.24, 2.45) is 0 Å². The van der Waals surface area contributed by atoms with E-state index in [0.717, 1.165) is 21.6 Å². The SMILES string of the molecule is COCOc1c(OC)c(C)cc2c1[C@@H]1[C@@H]3Cc4c(OC(C)=O)c(C)c5c(c4[C@H](CN4C(=O)c6cccc7cc([N+](=O)[O-])cc(c67)C4=O)N3[C@@H](C#N)[C@H](C2)N1C)OCO5. The Balaban J connectivity index is 1.29. The molecule has 1 saturated heterocycles. The molecule has 0 radical (unpaired) electrons. The number of carbonyl (C=O) groups is 3. The van der Waals surface area contributed by atoms with Crippen molar-refractivity contribution in [3.8, 4) is 34.8 Å². The third-order valence-corrected chi connectivity index (χ3v) is 12.3. The first kappa shape index (κ1) is 37.3. The molecule has 5 atom stereocenters. The minimum atomic E-state index is -0.910. The molecule has 5 aliphatic rings. The van der Waals surface area contributed by atoms with Crippen molar-refractivity contribution < 1.29 is 47.7 Å². The van der Waals surface area contributed by atoms with Gasteiger partial charge in [-0.3, -0.25) is 39.2 Å². The highest BCUT2D eigenvalue weighted by atomic mass is 16.7. The van der Waals surface area contributed by atoms with E-state index in [1.165, 1.54) is 26.2 Å². The van der Waals surface area contributed by atoms with Crippen LogP contribution in [0.5, 0.6) is 28.7 Å². The number of hydrogen-bond donors (Lipinski definition) is 0. The number of rotatable bonds is 8. The van der Waals surface area contributed by atoms with Crippen molar-refractivity contribution in [2.75, 3.05) is 41.4 Å². The molecular formula is C42H39N5O11. The van der Waals surface area contributed by atoms with Crippen LogP contribution in [0.15, 0.2) is 36.4 Å². The molecule has 0 aliphatic carbocycles. The Morgan fingerprint density at radius 2 is 1.76 bits per heavy atom. The van der Waals surface area contributed by atoms with Gasteiger partial charge in [-0.25, -0.2) is 0 Å². The molecular weight excluding hydrogens is 750 g/mol. The van der Waals surface area contributed by atoms with E-state index in [1.54, 1.807) is 32.2 Å². The normalized spacial score (nSPS) is 22.8. The number of aryl methyl sites for hydroxylation is 1. The second kappa shape index (κ2) is 13.7. The minimum Gasteiger partial charge on any atom is -0.493 e. The second-order valence-electron chi connectivity index (χ2n) is 15.2. The van der Waals surface area contributed by atoms with Gasteiger partial charge in [0.15, 0.2) is 29.8 Å². The summed E-state index contributed by atoms with van der Waals surface area (Å²) in [6, 6.07) is 9.01. The lowest BCUT2D eigenvalue weighted by atomic mass is 9.71. The van der Waals surface area contributed by atoms with E-state index >= 15 is 0 Å². The van der Waals surface area contributed by atoms with Gasteiger partial charge in [0.25, 0.3) is 17.5 Å². The third-order valence-electron chi connectivity index (χ3n) is 12.3. The Morgan fingerprint density at radius 3 is 2.47 bits per heavy atom. The number of imide groups is 1. The van der Waals surface area contributed by atoms with Gasteiger partial charge < -0.3 is 28.4 Å². The summed E-state index contributed by atoms with van der Waals surface area (Å²) in [5, 5.41) is 24.0.